The van der Waals surface area contributed by atoms with E-state index < -0.39 is 5.97 Å². The number of carboxylic acid groups (broad SMARTS) is 1. The van der Waals surface area contributed by atoms with Crippen molar-refractivity contribution in [2.24, 2.45) is 5.92 Å². The van der Waals surface area contributed by atoms with E-state index in [-0.39, 0.29) is 5.56 Å². The monoisotopic (exact) mass is 400 g/mol. The quantitative estimate of drug-likeness (QED) is 0.537. The van der Waals surface area contributed by atoms with Crippen LogP contribution in [-0.4, -0.2) is 27.5 Å². The molecule has 6 heteroatoms. The van der Waals surface area contributed by atoms with E-state index >= 15 is 0 Å². The summed E-state index contributed by atoms with van der Waals surface area (Å²) in [6.45, 7) is 7.39. The maximum atomic E-state index is 11.3. The number of aromatic nitrogens is 2. The molecule has 148 valence electrons. The highest BCUT2D eigenvalue weighted by atomic mass is 35.5. The van der Waals surface area contributed by atoms with Crippen molar-refractivity contribution in [2.75, 3.05) is 6.61 Å². The summed E-state index contributed by atoms with van der Waals surface area (Å²) in [5, 5.41) is 15.3. The highest BCUT2D eigenvalue weighted by molar-refractivity contribution is 6.30. The van der Waals surface area contributed by atoms with E-state index in [2.05, 4.69) is 18.9 Å². The number of benzene rings is 2. The molecule has 0 saturated carbocycles. The van der Waals surface area contributed by atoms with Gasteiger partial charge in [-0.15, -0.1) is 0 Å². The predicted molar refractivity (Wildman–Crippen MR) is 112 cm³/mol. The van der Waals surface area contributed by atoms with Gasteiger partial charge in [-0.05, 0) is 49.2 Å². The molecular formula is C22H25ClN2O3. The Bertz CT molecular complexity index is 993. The molecule has 3 rings (SSSR count). The second-order valence-electron chi connectivity index (χ2n) is 7.03. The molecule has 0 spiro atoms. The first-order chi connectivity index (χ1) is 13.4. The van der Waals surface area contributed by atoms with Crippen molar-refractivity contribution in [3.8, 4) is 5.75 Å². The summed E-state index contributed by atoms with van der Waals surface area (Å²) in [6, 6.07) is 10.7. The van der Waals surface area contributed by atoms with Gasteiger partial charge in [0.15, 0.2) is 0 Å². The highest BCUT2D eigenvalue weighted by Crippen LogP contribution is 2.27. The van der Waals surface area contributed by atoms with Gasteiger partial charge in [-0.1, -0.05) is 38.3 Å². The minimum Gasteiger partial charge on any atom is -0.493 e. The fourth-order valence-electron chi connectivity index (χ4n) is 3.30. The van der Waals surface area contributed by atoms with Gasteiger partial charge in [0, 0.05) is 16.0 Å². The number of halogens is 1. The van der Waals surface area contributed by atoms with Crippen LogP contribution < -0.4 is 4.74 Å². The minimum atomic E-state index is -0.944. The van der Waals surface area contributed by atoms with Crippen LogP contribution in [0.4, 0.5) is 0 Å². The van der Waals surface area contributed by atoms with Crippen molar-refractivity contribution < 1.29 is 14.6 Å². The molecule has 0 aliphatic carbocycles. The largest absolute Gasteiger partial charge is 0.493 e. The van der Waals surface area contributed by atoms with E-state index in [1.54, 1.807) is 18.2 Å². The molecular weight excluding hydrogens is 376 g/mol. The second kappa shape index (κ2) is 8.65. The average molecular weight is 401 g/mol. The number of ether oxygens (including phenoxy) is 1. The summed E-state index contributed by atoms with van der Waals surface area (Å²) in [6.07, 6.45) is 2.16. The molecule has 0 aliphatic rings. The van der Waals surface area contributed by atoms with Gasteiger partial charge in [-0.3, -0.25) is 4.68 Å². The first-order valence-corrected chi connectivity index (χ1v) is 9.92. The molecule has 0 unspecified atom stereocenters. The van der Waals surface area contributed by atoms with Crippen LogP contribution >= 0.6 is 11.6 Å². The molecule has 0 atom stereocenters. The first kappa shape index (κ1) is 20.2. The van der Waals surface area contributed by atoms with Gasteiger partial charge in [-0.2, -0.15) is 5.10 Å². The van der Waals surface area contributed by atoms with Gasteiger partial charge in [-0.25, -0.2) is 4.79 Å². The highest BCUT2D eigenvalue weighted by Gasteiger charge is 2.14. The van der Waals surface area contributed by atoms with Crippen molar-refractivity contribution in [3.63, 3.8) is 0 Å². The number of carboxylic acids is 1. The Hall–Kier alpha value is -2.53. The number of hydrogen-bond donors (Lipinski definition) is 1. The molecule has 2 aromatic carbocycles. The lowest BCUT2D eigenvalue weighted by Gasteiger charge is -2.17. The zero-order valence-electron chi connectivity index (χ0n) is 16.4. The zero-order valence-corrected chi connectivity index (χ0v) is 17.2. The Morgan fingerprint density at radius 3 is 2.64 bits per heavy atom. The minimum absolute atomic E-state index is 0.257. The Balaban J connectivity index is 1.93. The molecule has 5 nitrogen and oxygen atoms in total. The van der Waals surface area contributed by atoms with Crippen molar-refractivity contribution in [2.45, 2.75) is 40.2 Å². The third-order valence-corrected chi connectivity index (χ3v) is 5.39. The number of aromatic carboxylic acids is 1. The van der Waals surface area contributed by atoms with E-state index in [1.807, 2.05) is 29.8 Å². The number of carbonyl (C=O) groups is 1. The van der Waals surface area contributed by atoms with Crippen LogP contribution in [0.3, 0.4) is 0 Å². The molecule has 0 aliphatic heterocycles. The summed E-state index contributed by atoms with van der Waals surface area (Å²) in [7, 11) is 0. The molecule has 0 fully saturated rings. The third kappa shape index (κ3) is 4.30. The van der Waals surface area contributed by atoms with Crippen molar-refractivity contribution in [1.29, 1.82) is 0 Å². The Morgan fingerprint density at radius 2 is 1.96 bits per heavy atom. The first-order valence-electron chi connectivity index (χ1n) is 9.54. The summed E-state index contributed by atoms with van der Waals surface area (Å²) in [5.41, 5.74) is 2.88. The number of hydrogen-bond acceptors (Lipinski definition) is 3. The van der Waals surface area contributed by atoms with E-state index in [0.29, 0.717) is 24.1 Å². The Kier molecular flexibility index (Phi) is 6.25. The van der Waals surface area contributed by atoms with E-state index in [1.165, 1.54) is 0 Å². The van der Waals surface area contributed by atoms with Crippen LogP contribution in [0.5, 0.6) is 5.75 Å². The van der Waals surface area contributed by atoms with Crippen molar-refractivity contribution in [3.05, 3.63) is 58.2 Å². The Labute approximate surface area is 169 Å². The van der Waals surface area contributed by atoms with E-state index in [9.17, 15) is 9.90 Å². The Morgan fingerprint density at radius 1 is 1.21 bits per heavy atom. The number of nitrogens with zero attached hydrogens (tertiary/aromatic N) is 2. The lowest BCUT2D eigenvalue weighted by molar-refractivity contribution is 0.0697. The van der Waals surface area contributed by atoms with Gasteiger partial charge in [0.05, 0.1) is 29.9 Å². The number of rotatable bonds is 8. The molecule has 1 N–H and O–H groups in total. The van der Waals surface area contributed by atoms with Gasteiger partial charge in [0.1, 0.15) is 5.75 Å². The fourth-order valence-corrected chi connectivity index (χ4v) is 3.49. The molecule has 28 heavy (non-hydrogen) atoms. The topological polar surface area (TPSA) is 64.4 Å². The molecule has 1 aromatic heterocycles. The van der Waals surface area contributed by atoms with Crippen molar-refractivity contribution >= 4 is 28.5 Å². The van der Waals surface area contributed by atoms with Crippen LogP contribution in [-0.2, 0) is 6.54 Å². The summed E-state index contributed by atoms with van der Waals surface area (Å²) in [5.74, 6) is 0.381. The summed E-state index contributed by atoms with van der Waals surface area (Å²) >= 11 is 6.23. The molecule has 3 aromatic rings. The maximum absolute atomic E-state index is 11.3. The third-order valence-electron chi connectivity index (χ3n) is 5.15. The smallest absolute Gasteiger partial charge is 0.335 e. The summed E-state index contributed by atoms with van der Waals surface area (Å²) in [4.78, 5) is 11.3. The van der Waals surface area contributed by atoms with Crippen LogP contribution in [0.25, 0.3) is 10.9 Å². The zero-order chi connectivity index (χ0) is 20.3. The number of aryl methyl sites for hydroxylation is 1. The molecule has 0 bridgehead atoms. The average Bonchev–Trinajstić information content (AvgIpc) is 2.99. The predicted octanol–water partition coefficient (Wildman–Crippen LogP) is 5.56. The van der Waals surface area contributed by atoms with Gasteiger partial charge >= 0.3 is 5.97 Å². The number of fused-ring (bicyclic) bond motifs is 1. The SMILES string of the molecule is CCC(CC)COc1ccc(Cl)cc1Cn1nc(C)c2cc(C(=O)O)ccc21. The van der Waals surface area contributed by atoms with Crippen LogP contribution in [0.2, 0.25) is 5.02 Å². The van der Waals surface area contributed by atoms with Gasteiger partial charge in [0.25, 0.3) is 0 Å². The molecule has 0 radical (unpaired) electrons. The molecule has 0 amide bonds. The lowest BCUT2D eigenvalue weighted by atomic mass is 10.1. The second-order valence-corrected chi connectivity index (χ2v) is 7.46. The van der Waals surface area contributed by atoms with Gasteiger partial charge < -0.3 is 9.84 Å². The molecule has 1 heterocycles. The van der Waals surface area contributed by atoms with Crippen LogP contribution in [0.1, 0.15) is 48.3 Å². The van der Waals surface area contributed by atoms with Crippen LogP contribution in [0, 0.1) is 12.8 Å². The lowest BCUT2D eigenvalue weighted by Crippen LogP contribution is -2.12. The van der Waals surface area contributed by atoms with E-state index in [4.69, 9.17) is 16.3 Å². The summed E-state index contributed by atoms with van der Waals surface area (Å²) < 4.78 is 7.97. The van der Waals surface area contributed by atoms with E-state index in [0.717, 1.165) is 40.8 Å². The standard InChI is InChI=1S/C22H25ClN2O3/c1-4-15(5-2)13-28-21-9-7-18(23)10-17(21)12-25-20-8-6-16(22(26)27)11-19(20)14(3)24-25/h6-11,15H,4-5,12-13H2,1-3H3,(H,26,27). The normalized spacial score (nSPS) is 11.3. The fraction of sp³-hybridized carbons (Fsp3) is 0.364. The van der Waals surface area contributed by atoms with Gasteiger partial charge in [0.2, 0.25) is 0 Å². The van der Waals surface area contributed by atoms with Crippen LogP contribution in [0.15, 0.2) is 36.4 Å². The van der Waals surface area contributed by atoms with Crippen molar-refractivity contribution in [1.82, 2.24) is 9.78 Å². The molecule has 0 saturated heterocycles. The maximum Gasteiger partial charge on any atom is 0.335 e.